The molecule has 0 bridgehead atoms. The summed E-state index contributed by atoms with van der Waals surface area (Å²) in [5.74, 6) is 0.962. The predicted molar refractivity (Wildman–Crippen MR) is 86.0 cm³/mol. The molecule has 1 aromatic rings. The first-order valence-electron chi connectivity index (χ1n) is 7.44. The van der Waals surface area contributed by atoms with Gasteiger partial charge in [-0.2, -0.15) is 12.6 Å². The third kappa shape index (κ3) is 5.17. The monoisotopic (exact) mass is 292 g/mol. The van der Waals surface area contributed by atoms with E-state index >= 15 is 0 Å². The summed E-state index contributed by atoms with van der Waals surface area (Å²) in [6, 6.07) is 10.9. The Balaban J connectivity index is 1.68. The highest BCUT2D eigenvalue weighted by Gasteiger charge is 2.20. The average Bonchev–Trinajstić information content (AvgIpc) is 2.48. The summed E-state index contributed by atoms with van der Waals surface area (Å²) in [4.78, 5) is 14.1. The molecule has 1 heterocycles. The highest BCUT2D eigenvalue weighted by Crippen LogP contribution is 2.14. The van der Waals surface area contributed by atoms with Gasteiger partial charge in [-0.15, -0.1) is 0 Å². The van der Waals surface area contributed by atoms with Crippen LogP contribution in [0, 0.1) is 0 Å². The van der Waals surface area contributed by atoms with E-state index in [4.69, 9.17) is 0 Å². The van der Waals surface area contributed by atoms with Crippen molar-refractivity contribution < 1.29 is 4.79 Å². The summed E-state index contributed by atoms with van der Waals surface area (Å²) in [5.41, 5.74) is 1.36. The molecule has 0 unspecified atom stereocenters. The Morgan fingerprint density at radius 1 is 1.25 bits per heavy atom. The molecule has 1 fully saturated rings. The van der Waals surface area contributed by atoms with Crippen LogP contribution in [0.3, 0.4) is 0 Å². The van der Waals surface area contributed by atoms with Gasteiger partial charge in [0.15, 0.2) is 0 Å². The number of piperidine rings is 1. The van der Waals surface area contributed by atoms with E-state index in [-0.39, 0.29) is 5.91 Å². The third-order valence-electron chi connectivity index (χ3n) is 3.76. The van der Waals surface area contributed by atoms with Gasteiger partial charge in [0.25, 0.3) is 0 Å². The highest BCUT2D eigenvalue weighted by molar-refractivity contribution is 7.80. The van der Waals surface area contributed by atoms with Gasteiger partial charge in [-0.3, -0.25) is 9.69 Å². The van der Waals surface area contributed by atoms with Gasteiger partial charge in [0, 0.05) is 32.1 Å². The number of likely N-dealkylation sites (tertiary alicyclic amines) is 1. The van der Waals surface area contributed by atoms with Gasteiger partial charge >= 0.3 is 0 Å². The minimum Gasteiger partial charge on any atom is -0.353 e. The molecule has 1 saturated heterocycles. The van der Waals surface area contributed by atoms with Crippen LogP contribution in [0.4, 0.5) is 0 Å². The SMILES string of the molecule is O=C(CCCS)NC1CCN(Cc2ccccc2)CC1. The zero-order chi connectivity index (χ0) is 14.2. The number of thiol groups is 1. The molecule has 0 saturated carbocycles. The van der Waals surface area contributed by atoms with Crippen LogP contribution in [0.25, 0.3) is 0 Å². The first-order valence-corrected chi connectivity index (χ1v) is 8.07. The molecule has 1 aromatic carbocycles. The van der Waals surface area contributed by atoms with Crippen LogP contribution >= 0.6 is 12.6 Å². The number of carbonyl (C=O) groups excluding carboxylic acids is 1. The van der Waals surface area contributed by atoms with Crippen molar-refractivity contribution in [1.29, 1.82) is 0 Å². The van der Waals surface area contributed by atoms with Crippen LogP contribution in [-0.4, -0.2) is 35.7 Å². The number of hydrogen-bond acceptors (Lipinski definition) is 3. The number of amides is 1. The van der Waals surface area contributed by atoms with Crippen molar-refractivity contribution in [3.8, 4) is 0 Å². The topological polar surface area (TPSA) is 32.3 Å². The van der Waals surface area contributed by atoms with Crippen molar-refractivity contribution in [1.82, 2.24) is 10.2 Å². The second-order valence-electron chi connectivity index (χ2n) is 5.43. The maximum Gasteiger partial charge on any atom is 0.220 e. The highest BCUT2D eigenvalue weighted by atomic mass is 32.1. The van der Waals surface area contributed by atoms with E-state index in [1.165, 1.54) is 5.56 Å². The van der Waals surface area contributed by atoms with E-state index in [0.717, 1.165) is 44.6 Å². The Morgan fingerprint density at radius 3 is 2.60 bits per heavy atom. The van der Waals surface area contributed by atoms with E-state index in [2.05, 4.69) is 53.2 Å². The number of nitrogens with one attached hydrogen (secondary N) is 1. The lowest BCUT2D eigenvalue weighted by Gasteiger charge is -2.32. The Bertz CT molecular complexity index is 402. The van der Waals surface area contributed by atoms with Crippen molar-refractivity contribution in [2.75, 3.05) is 18.8 Å². The molecule has 2 rings (SSSR count). The van der Waals surface area contributed by atoms with Crippen molar-refractivity contribution in [3.63, 3.8) is 0 Å². The zero-order valence-electron chi connectivity index (χ0n) is 11.9. The first kappa shape index (κ1) is 15.4. The second-order valence-corrected chi connectivity index (χ2v) is 5.88. The molecule has 0 radical (unpaired) electrons. The quantitative estimate of drug-likeness (QED) is 0.790. The zero-order valence-corrected chi connectivity index (χ0v) is 12.8. The fraction of sp³-hybridized carbons (Fsp3) is 0.562. The number of hydrogen-bond donors (Lipinski definition) is 2. The number of rotatable bonds is 6. The minimum absolute atomic E-state index is 0.181. The molecule has 1 aliphatic heterocycles. The fourth-order valence-corrected chi connectivity index (χ4v) is 2.77. The number of benzene rings is 1. The van der Waals surface area contributed by atoms with Gasteiger partial charge in [-0.05, 0) is 30.6 Å². The Morgan fingerprint density at radius 2 is 1.95 bits per heavy atom. The van der Waals surface area contributed by atoms with Gasteiger partial charge in [0.1, 0.15) is 0 Å². The van der Waals surface area contributed by atoms with E-state index in [1.807, 2.05) is 0 Å². The predicted octanol–water partition coefficient (Wildman–Crippen LogP) is 2.48. The third-order valence-corrected chi connectivity index (χ3v) is 4.08. The molecule has 0 atom stereocenters. The van der Waals surface area contributed by atoms with Crippen LogP contribution in [-0.2, 0) is 11.3 Å². The van der Waals surface area contributed by atoms with Crippen molar-refractivity contribution in [2.45, 2.75) is 38.3 Å². The molecule has 3 nitrogen and oxygen atoms in total. The van der Waals surface area contributed by atoms with Crippen LogP contribution in [0.1, 0.15) is 31.2 Å². The van der Waals surface area contributed by atoms with Crippen LogP contribution in [0.2, 0.25) is 0 Å². The number of carbonyl (C=O) groups is 1. The largest absolute Gasteiger partial charge is 0.353 e. The summed E-state index contributed by atoms with van der Waals surface area (Å²) in [5, 5.41) is 3.14. The Hall–Kier alpha value is -1.00. The number of nitrogens with zero attached hydrogens (tertiary/aromatic N) is 1. The van der Waals surface area contributed by atoms with E-state index < -0.39 is 0 Å². The molecular weight excluding hydrogens is 268 g/mol. The molecule has 4 heteroatoms. The normalized spacial score (nSPS) is 17.1. The molecular formula is C16H24N2OS. The van der Waals surface area contributed by atoms with Crippen molar-refractivity contribution in [2.24, 2.45) is 0 Å². The molecule has 0 aromatic heterocycles. The molecule has 1 aliphatic rings. The minimum atomic E-state index is 0.181. The van der Waals surface area contributed by atoms with E-state index in [9.17, 15) is 4.79 Å². The first-order chi connectivity index (χ1) is 9.78. The lowest BCUT2D eigenvalue weighted by Crippen LogP contribution is -2.44. The lowest BCUT2D eigenvalue weighted by molar-refractivity contribution is -0.122. The molecule has 1 amide bonds. The summed E-state index contributed by atoms with van der Waals surface area (Å²) in [6.07, 6.45) is 3.58. The van der Waals surface area contributed by atoms with Crippen molar-refractivity contribution in [3.05, 3.63) is 35.9 Å². The summed E-state index contributed by atoms with van der Waals surface area (Å²) < 4.78 is 0. The lowest BCUT2D eigenvalue weighted by atomic mass is 10.0. The average molecular weight is 292 g/mol. The standard InChI is InChI=1S/C16H24N2OS/c19-16(7-4-12-20)17-15-8-10-18(11-9-15)13-14-5-2-1-3-6-14/h1-3,5-6,15,20H,4,7-13H2,(H,17,19). The maximum absolute atomic E-state index is 11.7. The van der Waals surface area contributed by atoms with Gasteiger partial charge in [0.2, 0.25) is 5.91 Å². The van der Waals surface area contributed by atoms with Gasteiger partial charge in [-0.1, -0.05) is 30.3 Å². The van der Waals surface area contributed by atoms with E-state index in [0.29, 0.717) is 12.5 Å². The van der Waals surface area contributed by atoms with E-state index in [1.54, 1.807) is 0 Å². The Kier molecular flexibility index (Phi) is 6.40. The Labute approximate surface area is 127 Å². The molecule has 110 valence electrons. The van der Waals surface area contributed by atoms with Crippen molar-refractivity contribution >= 4 is 18.5 Å². The molecule has 1 N–H and O–H groups in total. The van der Waals surface area contributed by atoms with Gasteiger partial charge < -0.3 is 5.32 Å². The maximum atomic E-state index is 11.7. The molecule has 0 aliphatic carbocycles. The van der Waals surface area contributed by atoms with Gasteiger partial charge in [0.05, 0.1) is 0 Å². The van der Waals surface area contributed by atoms with Crippen LogP contribution < -0.4 is 5.32 Å². The fourth-order valence-electron chi connectivity index (χ4n) is 2.62. The summed E-state index contributed by atoms with van der Waals surface area (Å²) in [6.45, 7) is 3.14. The smallest absolute Gasteiger partial charge is 0.220 e. The van der Waals surface area contributed by atoms with Crippen LogP contribution in [0.15, 0.2) is 30.3 Å². The molecule has 0 spiro atoms. The van der Waals surface area contributed by atoms with Crippen LogP contribution in [0.5, 0.6) is 0 Å². The summed E-state index contributed by atoms with van der Waals surface area (Å²) >= 11 is 4.13. The van der Waals surface area contributed by atoms with Gasteiger partial charge in [-0.25, -0.2) is 0 Å². The molecule has 20 heavy (non-hydrogen) atoms. The second kappa shape index (κ2) is 8.32. The summed E-state index contributed by atoms with van der Waals surface area (Å²) in [7, 11) is 0.